The van der Waals surface area contributed by atoms with E-state index in [1.54, 1.807) is 23.9 Å². The molecular formula is C11H11FN2O. The van der Waals surface area contributed by atoms with Crippen molar-refractivity contribution in [3.63, 3.8) is 0 Å². The highest BCUT2D eigenvalue weighted by molar-refractivity contribution is 5.58. The molecule has 0 saturated heterocycles. The fourth-order valence-corrected chi connectivity index (χ4v) is 1.34. The number of nitrogens with zero attached hydrogens (tertiary/aromatic N) is 2. The van der Waals surface area contributed by atoms with Crippen molar-refractivity contribution in [2.45, 2.75) is 6.73 Å². The van der Waals surface area contributed by atoms with E-state index in [0.717, 1.165) is 11.3 Å². The van der Waals surface area contributed by atoms with Crippen molar-refractivity contribution in [2.24, 2.45) is 0 Å². The van der Waals surface area contributed by atoms with Crippen molar-refractivity contribution in [1.29, 1.82) is 0 Å². The Morgan fingerprint density at radius 3 is 2.67 bits per heavy atom. The van der Waals surface area contributed by atoms with E-state index in [2.05, 4.69) is 5.10 Å². The summed E-state index contributed by atoms with van der Waals surface area (Å²) in [6.07, 6.45) is 1.82. The fraction of sp³-hybridized carbons (Fsp3) is 0.182. The third-order valence-electron chi connectivity index (χ3n) is 2.04. The van der Waals surface area contributed by atoms with Crippen LogP contribution in [-0.2, 0) is 11.5 Å². The van der Waals surface area contributed by atoms with Gasteiger partial charge in [0.1, 0.15) is 12.5 Å². The Kier molecular flexibility index (Phi) is 2.78. The molecular weight excluding hydrogens is 195 g/mol. The van der Waals surface area contributed by atoms with Crippen LogP contribution < -0.4 is 0 Å². The molecule has 0 unspecified atom stereocenters. The van der Waals surface area contributed by atoms with Crippen LogP contribution in [0.15, 0.2) is 36.5 Å². The summed E-state index contributed by atoms with van der Waals surface area (Å²) >= 11 is 0. The van der Waals surface area contributed by atoms with Crippen molar-refractivity contribution in [2.75, 3.05) is 7.11 Å². The summed E-state index contributed by atoms with van der Waals surface area (Å²) in [4.78, 5) is 0. The Balaban J connectivity index is 2.25. The number of ether oxygens (including phenoxy) is 1. The molecule has 0 aliphatic rings. The largest absolute Gasteiger partial charge is 0.362 e. The first-order valence-electron chi connectivity index (χ1n) is 4.58. The lowest BCUT2D eigenvalue weighted by molar-refractivity contribution is 0.121. The van der Waals surface area contributed by atoms with Crippen LogP contribution in [0.3, 0.4) is 0 Å². The second-order valence-electron chi connectivity index (χ2n) is 3.17. The number of halogens is 1. The van der Waals surface area contributed by atoms with E-state index in [4.69, 9.17) is 4.74 Å². The van der Waals surface area contributed by atoms with Gasteiger partial charge in [0, 0.05) is 18.9 Å². The van der Waals surface area contributed by atoms with Gasteiger partial charge in [-0.3, -0.25) is 0 Å². The molecule has 4 heteroatoms. The van der Waals surface area contributed by atoms with Crippen LogP contribution in [0, 0.1) is 5.82 Å². The molecule has 1 heterocycles. The third-order valence-corrected chi connectivity index (χ3v) is 2.04. The Morgan fingerprint density at radius 2 is 2.00 bits per heavy atom. The summed E-state index contributed by atoms with van der Waals surface area (Å²) in [5, 5.41) is 4.27. The Hall–Kier alpha value is -1.68. The predicted octanol–water partition coefficient (Wildman–Crippen LogP) is 2.29. The van der Waals surface area contributed by atoms with Gasteiger partial charge in [-0.2, -0.15) is 5.10 Å². The molecule has 0 aliphatic carbocycles. The van der Waals surface area contributed by atoms with Gasteiger partial charge < -0.3 is 4.74 Å². The zero-order chi connectivity index (χ0) is 10.7. The second-order valence-corrected chi connectivity index (χ2v) is 3.17. The van der Waals surface area contributed by atoms with Crippen molar-refractivity contribution < 1.29 is 9.13 Å². The quantitative estimate of drug-likeness (QED) is 0.770. The highest BCUT2D eigenvalue weighted by Gasteiger charge is 2.01. The van der Waals surface area contributed by atoms with Gasteiger partial charge in [-0.05, 0) is 30.3 Å². The number of hydrogen-bond donors (Lipinski definition) is 0. The van der Waals surface area contributed by atoms with E-state index < -0.39 is 0 Å². The number of rotatable bonds is 3. The van der Waals surface area contributed by atoms with E-state index in [1.165, 1.54) is 12.1 Å². The van der Waals surface area contributed by atoms with Crippen molar-refractivity contribution in [3.8, 4) is 11.3 Å². The minimum Gasteiger partial charge on any atom is -0.362 e. The highest BCUT2D eigenvalue weighted by atomic mass is 19.1. The predicted molar refractivity (Wildman–Crippen MR) is 54.6 cm³/mol. The van der Waals surface area contributed by atoms with Gasteiger partial charge in [0.25, 0.3) is 0 Å². The van der Waals surface area contributed by atoms with Gasteiger partial charge >= 0.3 is 0 Å². The Labute approximate surface area is 87.1 Å². The molecule has 0 saturated carbocycles. The molecule has 0 N–H and O–H groups in total. The van der Waals surface area contributed by atoms with Crippen LogP contribution >= 0.6 is 0 Å². The van der Waals surface area contributed by atoms with E-state index >= 15 is 0 Å². The van der Waals surface area contributed by atoms with E-state index in [1.807, 2.05) is 12.3 Å². The van der Waals surface area contributed by atoms with Crippen LogP contribution in [0.5, 0.6) is 0 Å². The molecule has 3 nitrogen and oxygen atoms in total. The summed E-state index contributed by atoms with van der Waals surface area (Å²) in [6.45, 7) is 0.418. The van der Waals surface area contributed by atoms with Crippen LogP contribution in [-0.4, -0.2) is 16.9 Å². The van der Waals surface area contributed by atoms with Crippen molar-refractivity contribution in [1.82, 2.24) is 9.78 Å². The molecule has 0 aliphatic heterocycles. The summed E-state index contributed by atoms with van der Waals surface area (Å²) < 4.78 is 19.3. The molecule has 0 atom stereocenters. The summed E-state index contributed by atoms with van der Waals surface area (Å²) in [6, 6.07) is 8.12. The first-order chi connectivity index (χ1) is 7.29. The molecule has 2 aromatic rings. The van der Waals surface area contributed by atoms with Crippen molar-refractivity contribution >= 4 is 0 Å². The maximum atomic E-state index is 12.7. The first kappa shape index (κ1) is 9.86. The molecule has 2 rings (SSSR count). The summed E-state index contributed by atoms with van der Waals surface area (Å²) in [5.74, 6) is -0.241. The molecule has 0 amide bonds. The molecule has 1 aromatic carbocycles. The van der Waals surface area contributed by atoms with Gasteiger partial charge in [0.05, 0.1) is 5.69 Å². The van der Waals surface area contributed by atoms with Crippen LogP contribution in [0.25, 0.3) is 11.3 Å². The van der Waals surface area contributed by atoms with E-state index in [-0.39, 0.29) is 5.82 Å². The molecule has 0 radical (unpaired) electrons. The summed E-state index contributed by atoms with van der Waals surface area (Å²) in [5.41, 5.74) is 1.71. The van der Waals surface area contributed by atoms with Crippen LogP contribution in [0.4, 0.5) is 4.39 Å². The third kappa shape index (κ3) is 2.22. The number of aromatic nitrogens is 2. The lowest BCUT2D eigenvalue weighted by Crippen LogP contribution is -1.99. The smallest absolute Gasteiger partial charge is 0.138 e. The number of methoxy groups -OCH3 is 1. The molecule has 0 spiro atoms. The van der Waals surface area contributed by atoms with Crippen LogP contribution in [0.1, 0.15) is 0 Å². The fourth-order valence-electron chi connectivity index (χ4n) is 1.34. The maximum absolute atomic E-state index is 12.7. The van der Waals surface area contributed by atoms with Gasteiger partial charge in [0.2, 0.25) is 0 Å². The normalized spacial score (nSPS) is 10.5. The minimum absolute atomic E-state index is 0.241. The van der Waals surface area contributed by atoms with Crippen molar-refractivity contribution in [3.05, 3.63) is 42.3 Å². The Bertz CT molecular complexity index is 436. The highest BCUT2D eigenvalue weighted by Crippen LogP contribution is 2.16. The van der Waals surface area contributed by atoms with Gasteiger partial charge in [-0.15, -0.1) is 0 Å². The molecule has 78 valence electrons. The maximum Gasteiger partial charge on any atom is 0.138 e. The zero-order valence-corrected chi connectivity index (χ0v) is 8.35. The standard InChI is InChI=1S/C11H11FN2O/c1-15-8-14-7-6-11(13-14)9-2-4-10(12)5-3-9/h2-7H,8H2,1H3. The van der Waals surface area contributed by atoms with E-state index in [0.29, 0.717) is 6.73 Å². The topological polar surface area (TPSA) is 27.1 Å². The average molecular weight is 206 g/mol. The monoisotopic (exact) mass is 206 g/mol. The molecule has 15 heavy (non-hydrogen) atoms. The number of hydrogen-bond acceptors (Lipinski definition) is 2. The van der Waals surface area contributed by atoms with Gasteiger partial charge in [0.15, 0.2) is 0 Å². The molecule has 1 aromatic heterocycles. The van der Waals surface area contributed by atoms with Crippen LogP contribution in [0.2, 0.25) is 0 Å². The zero-order valence-electron chi connectivity index (χ0n) is 8.35. The lowest BCUT2D eigenvalue weighted by atomic mass is 10.1. The summed E-state index contributed by atoms with van der Waals surface area (Å²) in [7, 11) is 1.61. The average Bonchev–Trinajstić information content (AvgIpc) is 2.68. The number of benzene rings is 1. The second kappa shape index (κ2) is 4.23. The van der Waals surface area contributed by atoms with Gasteiger partial charge in [-0.1, -0.05) is 0 Å². The van der Waals surface area contributed by atoms with Gasteiger partial charge in [-0.25, -0.2) is 9.07 Å². The SMILES string of the molecule is COCn1ccc(-c2ccc(F)cc2)n1. The lowest BCUT2D eigenvalue weighted by Gasteiger charge is -1.98. The molecule has 0 bridgehead atoms. The Morgan fingerprint density at radius 1 is 1.27 bits per heavy atom. The molecule has 0 fully saturated rings. The minimum atomic E-state index is -0.241. The van der Waals surface area contributed by atoms with E-state index in [9.17, 15) is 4.39 Å². The first-order valence-corrected chi connectivity index (χ1v) is 4.58.